The zero-order valence-corrected chi connectivity index (χ0v) is 16.8. The van der Waals surface area contributed by atoms with Gasteiger partial charge in [-0.1, -0.05) is 24.3 Å². The van der Waals surface area contributed by atoms with E-state index in [0.717, 1.165) is 25.9 Å². The Morgan fingerprint density at radius 3 is 2.68 bits per heavy atom. The maximum absolute atomic E-state index is 12.9. The summed E-state index contributed by atoms with van der Waals surface area (Å²) in [6.07, 6.45) is 6.54. The van der Waals surface area contributed by atoms with Crippen LogP contribution >= 0.6 is 0 Å². The van der Waals surface area contributed by atoms with Gasteiger partial charge in [-0.05, 0) is 61.4 Å². The molecular weight excluding hydrogens is 350 g/mol. The molecule has 1 aromatic heterocycles. The molecule has 0 unspecified atom stereocenters. The highest BCUT2D eigenvalue weighted by atomic mass is 16.5. The Hall–Kier alpha value is -2.11. The summed E-state index contributed by atoms with van der Waals surface area (Å²) in [5.74, 6) is 0.598. The number of carbonyl (C=O) groups excluding carboxylic acids is 1. The van der Waals surface area contributed by atoms with Crippen LogP contribution in [0, 0.1) is 5.92 Å². The monoisotopic (exact) mass is 381 g/mol. The molecule has 1 saturated heterocycles. The Bertz CT molecular complexity index is 749. The number of H-pyrrole nitrogens is 1. The number of nitrogens with zero attached hydrogens (tertiary/aromatic N) is 2. The lowest BCUT2D eigenvalue weighted by Crippen LogP contribution is -2.47. The normalized spacial score (nSPS) is 20.2. The molecule has 0 saturated carbocycles. The van der Waals surface area contributed by atoms with Gasteiger partial charge >= 0.3 is 0 Å². The van der Waals surface area contributed by atoms with Crippen LogP contribution in [0.4, 0.5) is 0 Å². The zero-order valence-electron chi connectivity index (χ0n) is 16.8. The number of rotatable bonds is 7. The minimum Gasteiger partial charge on any atom is -0.383 e. The van der Waals surface area contributed by atoms with E-state index in [1.165, 1.54) is 30.5 Å². The fourth-order valence-corrected chi connectivity index (χ4v) is 4.79. The number of nitrogens with one attached hydrogen (secondary N) is 1. The first kappa shape index (κ1) is 19.2. The molecule has 0 bridgehead atoms. The van der Waals surface area contributed by atoms with Crippen molar-refractivity contribution in [2.75, 3.05) is 39.9 Å². The van der Waals surface area contributed by atoms with E-state index >= 15 is 0 Å². The van der Waals surface area contributed by atoms with E-state index in [4.69, 9.17) is 4.74 Å². The quantitative estimate of drug-likeness (QED) is 0.802. The van der Waals surface area contributed by atoms with E-state index in [9.17, 15) is 4.79 Å². The lowest BCUT2D eigenvalue weighted by Gasteiger charge is -2.38. The van der Waals surface area contributed by atoms with Gasteiger partial charge in [0, 0.05) is 39.0 Å². The second-order valence-corrected chi connectivity index (χ2v) is 8.16. The van der Waals surface area contributed by atoms with Crippen molar-refractivity contribution in [1.82, 2.24) is 14.8 Å². The fourth-order valence-electron chi connectivity index (χ4n) is 4.79. The smallest absolute Gasteiger partial charge is 0.270 e. The number of methoxy groups -OCH3 is 1. The number of hydrogen-bond acceptors (Lipinski definition) is 3. The van der Waals surface area contributed by atoms with Gasteiger partial charge < -0.3 is 14.6 Å². The Balaban J connectivity index is 1.38. The second kappa shape index (κ2) is 8.93. The Kier molecular flexibility index (Phi) is 6.13. The van der Waals surface area contributed by atoms with Crippen LogP contribution in [-0.4, -0.2) is 66.6 Å². The minimum atomic E-state index is 0.0763. The Labute approximate surface area is 167 Å². The highest BCUT2D eigenvalue weighted by Crippen LogP contribution is 2.29. The summed E-state index contributed by atoms with van der Waals surface area (Å²) < 4.78 is 5.25. The molecule has 4 rings (SSSR count). The average Bonchev–Trinajstić information content (AvgIpc) is 3.40. The Morgan fingerprint density at radius 1 is 1.21 bits per heavy atom. The van der Waals surface area contributed by atoms with E-state index in [0.29, 0.717) is 30.8 Å². The van der Waals surface area contributed by atoms with Gasteiger partial charge in [-0.15, -0.1) is 0 Å². The van der Waals surface area contributed by atoms with Crippen LogP contribution in [0.2, 0.25) is 0 Å². The van der Waals surface area contributed by atoms with Gasteiger partial charge in [0.1, 0.15) is 5.69 Å². The first-order valence-corrected chi connectivity index (χ1v) is 10.5. The molecule has 1 aliphatic carbocycles. The number of amides is 1. The topological polar surface area (TPSA) is 48.6 Å². The largest absolute Gasteiger partial charge is 0.383 e. The first-order valence-electron chi connectivity index (χ1n) is 10.5. The predicted molar refractivity (Wildman–Crippen MR) is 111 cm³/mol. The van der Waals surface area contributed by atoms with Crippen molar-refractivity contribution in [1.29, 1.82) is 0 Å². The van der Waals surface area contributed by atoms with Gasteiger partial charge in [0.05, 0.1) is 6.61 Å². The molecule has 1 amide bonds. The summed E-state index contributed by atoms with van der Waals surface area (Å²) in [7, 11) is 1.69. The molecule has 150 valence electrons. The lowest BCUT2D eigenvalue weighted by atomic mass is 9.95. The maximum atomic E-state index is 12.9. The van der Waals surface area contributed by atoms with Gasteiger partial charge in [0.15, 0.2) is 0 Å². The SMILES string of the molecule is COCCN(C[C@@H]1CCCN(C2Cc3ccccc3C2)C1)C(=O)c1ccc[nH]1. The van der Waals surface area contributed by atoms with Crippen molar-refractivity contribution in [2.45, 2.75) is 31.7 Å². The first-order chi connectivity index (χ1) is 13.7. The molecule has 1 N–H and O–H groups in total. The number of likely N-dealkylation sites (tertiary alicyclic amines) is 1. The number of aromatic amines is 1. The number of piperidine rings is 1. The maximum Gasteiger partial charge on any atom is 0.270 e. The number of fused-ring (bicyclic) bond motifs is 1. The molecule has 0 radical (unpaired) electrons. The molecule has 5 heteroatoms. The van der Waals surface area contributed by atoms with Crippen molar-refractivity contribution in [2.24, 2.45) is 5.92 Å². The molecule has 2 heterocycles. The summed E-state index contributed by atoms with van der Waals surface area (Å²) in [6, 6.07) is 13.2. The van der Waals surface area contributed by atoms with Crippen LogP contribution in [0.1, 0.15) is 34.5 Å². The molecule has 2 aromatic rings. The summed E-state index contributed by atoms with van der Waals surface area (Å²) in [4.78, 5) is 20.6. The van der Waals surface area contributed by atoms with E-state index in [2.05, 4.69) is 34.1 Å². The molecule has 1 aliphatic heterocycles. The second-order valence-electron chi connectivity index (χ2n) is 8.16. The number of benzene rings is 1. The van der Waals surface area contributed by atoms with Crippen LogP contribution in [0.15, 0.2) is 42.6 Å². The fraction of sp³-hybridized carbons (Fsp3) is 0.522. The molecule has 1 fully saturated rings. The third-order valence-corrected chi connectivity index (χ3v) is 6.26. The van der Waals surface area contributed by atoms with Crippen molar-refractivity contribution in [3.63, 3.8) is 0 Å². The zero-order chi connectivity index (χ0) is 19.3. The lowest BCUT2D eigenvalue weighted by molar-refractivity contribution is 0.0569. The van der Waals surface area contributed by atoms with Crippen molar-refractivity contribution in [3.8, 4) is 0 Å². The minimum absolute atomic E-state index is 0.0763. The average molecular weight is 382 g/mol. The van der Waals surface area contributed by atoms with Crippen LogP contribution in [0.5, 0.6) is 0 Å². The molecule has 2 aliphatic rings. The van der Waals surface area contributed by atoms with Crippen LogP contribution in [0.3, 0.4) is 0 Å². The number of aromatic nitrogens is 1. The van der Waals surface area contributed by atoms with Gasteiger partial charge in [-0.2, -0.15) is 0 Å². The van der Waals surface area contributed by atoms with Gasteiger partial charge in [0.25, 0.3) is 5.91 Å². The van der Waals surface area contributed by atoms with Crippen LogP contribution in [-0.2, 0) is 17.6 Å². The molecule has 1 atom stereocenters. The van der Waals surface area contributed by atoms with Crippen LogP contribution < -0.4 is 0 Å². The summed E-state index contributed by atoms with van der Waals surface area (Å²) in [5.41, 5.74) is 3.69. The number of ether oxygens (including phenoxy) is 1. The van der Waals surface area contributed by atoms with Crippen molar-refractivity contribution in [3.05, 3.63) is 59.4 Å². The van der Waals surface area contributed by atoms with Gasteiger partial charge in [-0.25, -0.2) is 0 Å². The predicted octanol–water partition coefficient (Wildman–Crippen LogP) is 2.98. The molecule has 5 nitrogen and oxygen atoms in total. The highest BCUT2D eigenvalue weighted by Gasteiger charge is 2.31. The summed E-state index contributed by atoms with van der Waals surface area (Å²) in [6.45, 7) is 4.27. The number of hydrogen-bond donors (Lipinski definition) is 1. The standard InChI is InChI=1S/C23H31N3O2/c1-28-13-12-26(23(27)22-9-4-10-24-22)17-18-6-5-11-25(16-18)21-14-19-7-2-3-8-20(19)15-21/h2-4,7-10,18,21,24H,5-6,11-17H2,1H3/t18-/m1/s1. The summed E-state index contributed by atoms with van der Waals surface area (Å²) in [5, 5.41) is 0. The van der Waals surface area contributed by atoms with Crippen molar-refractivity contribution >= 4 is 5.91 Å². The molecule has 1 aromatic carbocycles. The van der Waals surface area contributed by atoms with E-state index in [1.54, 1.807) is 7.11 Å². The third-order valence-electron chi connectivity index (χ3n) is 6.26. The van der Waals surface area contributed by atoms with Crippen LogP contribution in [0.25, 0.3) is 0 Å². The van der Waals surface area contributed by atoms with E-state index in [-0.39, 0.29) is 5.91 Å². The van der Waals surface area contributed by atoms with Gasteiger partial charge in [-0.3, -0.25) is 9.69 Å². The van der Waals surface area contributed by atoms with E-state index in [1.807, 2.05) is 23.2 Å². The highest BCUT2D eigenvalue weighted by molar-refractivity contribution is 5.92. The van der Waals surface area contributed by atoms with E-state index < -0.39 is 0 Å². The molecular formula is C23H31N3O2. The number of carbonyl (C=O) groups is 1. The molecule has 28 heavy (non-hydrogen) atoms. The van der Waals surface area contributed by atoms with Gasteiger partial charge in [0.2, 0.25) is 0 Å². The molecule has 0 spiro atoms. The summed E-state index contributed by atoms with van der Waals surface area (Å²) >= 11 is 0. The Morgan fingerprint density at radius 2 is 2.00 bits per heavy atom. The third kappa shape index (κ3) is 4.31. The van der Waals surface area contributed by atoms with Crippen molar-refractivity contribution < 1.29 is 9.53 Å².